The van der Waals surface area contributed by atoms with Crippen LogP contribution in [0.2, 0.25) is 0 Å². The van der Waals surface area contributed by atoms with Crippen LogP contribution in [0.1, 0.15) is 37.8 Å². The first-order valence-electron chi connectivity index (χ1n) is 11.9. The largest absolute Gasteiger partial charge is 0.480 e. The molecular weight excluding hydrogens is 448 g/mol. The Morgan fingerprint density at radius 1 is 1.11 bits per heavy atom. The van der Waals surface area contributed by atoms with Gasteiger partial charge in [-0.05, 0) is 35.1 Å². The van der Waals surface area contributed by atoms with Crippen molar-refractivity contribution in [3.05, 3.63) is 59.7 Å². The van der Waals surface area contributed by atoms with Gasteiger partial charge in [-0.2, -0.15) is 0 Å². The average molecular weight is 481 g/mol. The predicted octanol–water partition coefficient (Wildman–Crippen LogP) is 3.50. The van der Waals surface area contributed by atoms with Crippen LogP contribution in [-0.4, -0.2) is 66.9 Å². The number of alkyl carbamates (subject to hydrolysis) is 1. The molecule has 1 heterocycles. The van der Waals surface area contributed by atoms with E-state index >= 15 is 0 Å². The molecule has 1 aliphatic heterocycles. The summed E-state index contributed by atoms with van der Waals surface area (Å²) in [7, 11) is 0. The number of nitrogens with one attached hydrogen (secondary N) is 1. The van der Waals surface area contributed by atoms with Crippen LogP contribution in [0.4, 0.5) is 4.79 Å². The lowest BCUT2D eigenvalue weighted by atomic mass is 9.83. The molecule has 0 radical (unpaired) electrons. The molecule has 0 spiro atoms. The molecule has 2 aliphatic rings. The summed E-state index contributed by atoms with van der Waals surface area (Å²) in [4.78, 5) is 38.8. The van der Waals surface area contributed by atoms with Gasteiger partial charge in [0.2, 0.25) is 5.91 Å². The summed E-state index contributed by atoms with van der Waals surface area (Å²) in [6, 6.07) is 15.6. The van der Waals surface area contributed by atoms with Crippen LogP contribution in [0.15, 0.2) is 48.5 Å². The lowest BCUT2D eigenvalue weighted by Gasteiger charge is -2.34. The molecule has 0 saturated carbocycles. The fourth-order valence-corrected chi connectivity index (χ4v) is 5.05. The molecule has 1 fully saturated rings. The Labute approximate surface area is 205 Å². The number of carbonyl (C=O) groups is 3. The van der Waals surface area contributed by atoms with Crippen LogP contribution in [0, 0.1) is 11.3 Å². The van der Waals surface area contributed by atoms with Crippen LogP contribution in [0.3, 0.4) is 0 Å². The number of carbonyl (C=O) groups excluding carboxylic acids is 2. The summed E-state index contributed by atoms with van der Waals surface area (Å²) in [6.45, 7) is 5.85. The van der Waals surface area contributed by atoms with Crippen LogP contribution in [0.5, 0.6) is 0 Å². The molecule has 8 nitrogen and oxygen atoms in total. The molecule has 8 heteroatoms. The lowest BCUT2D eigenvalue weighted by Crippen LogP contribution is -2.56. The van der Waals surface area contributed by atoms with Crippen LogP contribution in [-0.2, 0) is 19.1 Å². The second kappa shape index (κ2) is 10.1. The molecule has 4 rings (SSSR count). The number of hydrogen-bond donors (Lipinski definition) is 2. The molecule has 2 unspecified atom stereocenters. The van der Waals surface area contributed by atoms with Crippen molar-refractivity contribution in [2.24, 2.45) is 11.3 Å². The van der Waals surface area contributed by atoms with Crippen molar-refractivity contribution in [1.82, 2.24) is 10.2 Å². The lowest BCUT2D eigenvalue weighted by molar-refractivity contribution is -0.150. The van der Waals surface area contributed by atoms with E-state index in [0.717, 1.165) is 22.3 Å². The van der Waals surface area contributed by atoms with Gasteiger partial charge < -0.3 is 24.8 Å². The number of aliphatic carboxylic acids is 1. The summed E-state index contributed by atoms with van der Waals surface area (Å²) in [5, 5.41) is 12.1. The van der Waals surface area contributed by atoms with Crippen LogP contribution in [0.25, 0.3) is 11.1 Å². The van der Waals surface area contributed by atoms with Gasteiger partial charge in [-0.25, -0.2) is 4.79 Å². The van der Waals surface area contributed by atoms with Crippen molar-refractivity contribution in [1.29, 1.82) is 0 Å². The number of benzene rings is 2. The topological polar surface area (TPSA) is 105 Å². The average Bonchev–Trinajstić information content (AvgIpc) is 3.34. The summed E-state index contributed by atoms with van der Waals surface area (Å²) in [5.74, 6) is -1.41. The third-order valence-electron chi connectivity index (χ3n) is 6.78. The zero-order valence-corrected chi connectivity index (χ0v) is 20.3. The van der Waals surface area contributed by atoms with E-state index in [9.17, 15) is 19.5 Å². The quantitative estimate of drug-likeness (QED) is 0.599. The van der Waals surface area contributed by atoms with Gasteiger partial charge in [0.05, 0.1) is 24.7 Å². The van der Waals surface area contributed by atoms with Crippen molar-refractivity contribution >= 4 is 18.0 Å². The Bertz CT molecular complexity index is 1070. The first-order valence-corrected chi connectivity index (χ1v) is 11.9. The second-order valence-electron chi connectivity index (χ2n) is 9.93. The number of carboxylic acids is 1. The zero-order valence-electron chi connectivity index (χ0n) is 20.3. The minimum atomic E-state index is -1.09. The van der Waals surface area contributed by atoms with E-state index in [2.05, 4.69) is 17.4 Å². The molecule has 35 heavy (non-hydrogen) atoms. The van der Waals surface area contributed by atoms with Gasteiger partial charge in [0.25, 0.3) is 0 Å². The first-order chi connectivity index (χ1) is 16.7. The second-order valence-corrected chi connectivity index (χ2v) is 9.93. The molecule has 2 atom stereocenters. The van der Waals surface area contributed by atoms with E-state index in [1.165, 1.54) is 4.90 Å². The van der Waals surface area contributed by atoms with Gasteiger partial charge in [0.15, 0.2) is 0 Å². The van der Waals surface area contributed by atoms with Gasteiger partial charge in [0, 0.05) is 12.5 Å². The molecule has 0 bridgehead atoms. The molecule has 2 N–H and O–H groups in total. The normalized spacial score (nSPS) is 20.9. The molecule has 2 aromatic carbocycles. The maximum Gasteiger partial charge on any atom is 0.407 e. The minimum Gasteiger partial charge on any atom is -0.480 e. The summed E-state index contributed by atoms with van der Waals surface area (Å²) in [6.07, 6.45) is -0.630. The zero-order chi connectivity index (χ0) is 25.2. The molecular formula is C27H32N2O6. The first kappa shape index (κ1) is 24.7. The van der Waals surface area contributed by atoms with Crippen molar-refractivity contribution in [3.63, 3.8) is 0 Å². The van der Waals surface area contributed by atoms with E-state index < -0.39 is 30.1 Å². The number of hydrogen-bond acceptors (Lipinski definition) is 5. The Balaban J connectivity index is 1.43. The van der Waals surface area contributed by atoms with Crippen molar-refractivity contribution in [3.8, 4) is 11.1 Å². The third-order valence-corrected chi connectivity index (χ3v) is 6.78. The number of fused-ring (bicyclic) bond motifs is 3. The fourth-order valence-electron chi connectivity index (χ4n) is 5.05. The minimum absolute atomic E-state index is 0.0712. The SMILES string of the molecule is CC(C)CN(CC(=O)O)C(=O)C1(C)COCC1NC(=O)OCC1c2ccccc2-c2ccccc21. The maximum absolute atomic E-state index is 13.4. The number of rotatable bonds is 8. The molecule has 0 aromatic heterocycles. The highest BCUT2D eigenvalue weighted by atomic mass is 16.5. The molecule has 2 amide bonds. The number of amides is 2. The van der Waals surface area contributed by atoms with Crippen LogP contribution < -0.4 is 5.32 Å². The monoisotopic (exact) mass is 480 g/mol. The maximum atomic E-state index is 13.4. The van der Waals surface area contributed by atoms with E-state index in [0.29, 0.717) is 6.54 Å². The molecule has 2 aromatic rings. The van der Waals surface area contributed by atoms with E-state index in [1.807, 2.05) is 50.2 Å². The highest BCUT2D eigenvalue weighted by Gasteiger charge is 2.49. The Morgan fingerprint density at radius 2 is 1.71 bits per heavy atom. The fraction of sp³-hybridized carbons (Fsp3) is 0.444. The molecule has 1 saturated heterocycles. The highest BCUT2D eigenvalue weighted by Crippen LogP contribution is 2.44. The van der Waals surface area contributed by atoms with Gasteiger partial charge in [-0.1, -0.05) is 62.4 Å². The molecule has 1 aliphatic carbocycles. The van der Waals surface area contributed by atoms with Crippen LogP contribution >= 0.6 is 0 Å². The Kier molecular flexibility index (Phi) is 7.12. The highest BCUT2D eigenvalue weighted by molar-refractivity contribution is 5.87. The standard InChI is InChI=1S/C27H32N2O6/c1-17(2)12-29(13-24(30)31)25(32)27(3)16-34-15-23(27)28-26(33)35-14-22-20-10-6-4-8-18(20)19-9-5-7-11-21(19)22/h4-11,17,22-23H,12-16H2,1-3H3,(H,28,33)(H,30,31). The van der Waals surface area contributed by atoms with E-state index in [4.69, 9.17) is 9.47 Å². The van der Waals surface area contributed by atoms with E-state index in [-0.39, 0.29) is 37.6 Å². The van der Waals surface area contributed by atoms with Crippen molar-refractivity contribution in [2.45, 2.75) is 32.7 Å². The van der Waals surface area contributed by atoms with Crippen molar-refractivity contribution < 1.29 is 29.0 Å². The Hall–Kier alpha value is -3.39. The summed E-state index contributed by atoms with van der Waals surface area (Å²) < 4.78 is 11.2. The third kappa shape index (κ3) is 5.03. The predicted molar refractivity (Wildman–Crippen MR) is 130 cm³/mol. The Morgan fingerprint density at radius 3 is 2.29 bits per heavy atom. The van der Waals surface area contributed by atoms with Gasteiger partial charge in [0.1, 0.15) is 13.2 Å². The van der Waals surface area contributed by atoms with Gasteiger partial charge >= 0.3 is 12.1 Å². The number of ether oxygens (including phenoxy) is 2. The summed E-state index contributed by atoms with van der Waals surface area (Å²) >= 11 is 0. The van der Waals surface area contributed by atoms with Crippen molar-refractivity contribution in [2.75, 3.05) is 32.9 Å². The summed E-state index contributed by atoms with van der Waals surface area (Å²) in [5.41, 5.74) is 3.43. The van der Waals surface area contributed by atoms with Gasteiger partial charge in [-0.15, -0.1) is 0 Å². The number of nitrogens with zero attached hydrogens (tertiary/aromatic N) is 1. The van der Waals surface area contributed by atoms with E-state index in [1.54, 1.807) is 6.92 Å². The smallest absolute Gasteiger partial charge is 0.407 e. The van der Waals surface area contributed by atoms with Gasteiger partial charge in [-0.3, -0.25) is 9.59 Å². The number of carboxylic acid groups (broad SMARTS) is 1. The molecule has 186 valence electrons.